The molecule has 1 saturated heterocycles. The minimum absolute atomic E-state index is 0.180. The standard InChI is InChI=1S/C13H25N5O/c1-4-12-13(14)15-16-18(12)9-11-8-17(5-6-19-11)7-10(2)3/h10-11H,4-9,14H2,1-3H3. The molecule has 1 aromatic rings. The van der Waals surface area contributed by atoms with Crippen molar-refractivity contribution in [3.05, 3.63) is 5.69 Å². The van der Waals surface area contributed by atoms with Crippen LogP contribution in [0.25, 0.3) is 0 Å². The highest BCUT2D eigenvalue weighted by Gasteiger charge is 2.22. The predicted molar refractivity (Wildman–Crippen MR) is 74.8 cm³/mol. The first kappa shape index (κ1) is 14.3. The summed E-state index contributed by atoms with van der Waals surface area (Å²) < 4.78 is 7.72. The molecule has 1 fully saturated rings. The van der Waals surface area contributed by atoms with Crippen molar-refractivity contribution in [2.75, 3.05) is 32.0 Å². The number of nitrogens with two attached hydrogens (primary N) is 1. The minimum atomic E-state index is 0.180. The number of hydrogen-bond acceptors (Lipinski definition) is 5. The van der Waals surface area contributed by atoms with Crippen LogP contribution in [0.1, 0.15) is 26.5 Å². The Hall–Kier alpha value is -1.14. The van der Waals surface area contributed by atoms with Crippen molar-refractivity contribution < 1.29 is 4.74 Å². The second-order valence-corrected chi connectivity index (χ2v) is 5.60. The summed E-state index contributed by atoms with van der Waals surface area (Å²) in [5.74, 6) is 1.23. The fraction of sp³-hybridized carbons (Fsp3) is 0.846. The number of morpholine rings is 1. The van der Waals surface area contributed by atoms with E-state index < -0.39 is 0 Å². The lowest BCUT2D eigenvalue weighted by atomic mass is 10.2. The van der Waals surface area contributed by atoms with E-state index in [0.717, 1.165) is 44.9 Å². The van der Waals surface area contributed by atoms with Crippen LogP contribution in [-0.4, -0.2) is 52.2 Å². The van der Waals surface area contributed by atoms with Crippen molar-refractivity contribution in [3.8, 4) is 0 Å². The van der Waals surface area contributed by atoms with E-state index in [1.54, 1.807) is 0 Å². The van der Waals surface area contributed by atoms with Gasteiger partial charge in [-0.2, -0.15) is 0 Å². The molecule has 1 aromatic heterocycles. The maximum atomic E-state index is 5.83. The summed E-state index contributed by atoms with van der Waals surface area (Å²) in [6.45, 7) is 11.2. The van der Waals surface area contributed by atoms with Gasteiger partial charge in [0.1, 0.15) is 0 Å². The van der Waals surface area contributed by atoms with Crippen LogP contribution in [-0.2, 0) is 17.7 Å². The Kier molecular flexibility index (Phi) is 4.76. The third kappa shape index (κ3) is 3.67. The second kappa shape index (κ2) is 6.34. The molecule has 0 amide bonds. The number of anilines is 1. The summed E-state index contributed by atoms with van der Waals surface area (Å²) in [5.41, 5.74) is 6.81. The van der Waals surface area contributed by atoms with Gasteiger partial charge in [-0.25, -0.2) is 4.68 Å². The Morgan fingerprint density at radius 3 is 2.95 bits per heavy atom. The Balaban J connectivity index is 1.94. The molecule has 19 heavy (non-hydrogen) atoms. The predicted octanol–water partition coefficient (Wildman–Crippen LogP) is 0.779. The molecule has 0 bridgehead atoms. The molecule has 0 spiro atoms. The topological polar surface area (TPSA) is 69.2 Å². The number of nitrogens with zero attached hydrogens (tertiary/aromatic N) is 4. The van der Waals surface area contributed by atoms with E-state index in [0.29, 0.717) is 11.7 Å². The van der Waals surface area contributed by atoms with Gasteiger partial charge < -0.3 is 10.5 Å². The molecule has 2 N–H and O–H groups in total. The van der Waals surface area contributed by atoms with E-state index in [-0.39, 0.29) is 6.10 Å². The van der Waals surface area contributed by atoms with Gasteiger partial charge in [0.25, 0.3) is 0 Å². The molecule has 0 aromatic carbocycles. The van der Waals surface area contributed by atoms with Crippen LogP contribution >= 0.6 is 0 Å². The monoisotopic (exact) mass is 267 g/mol. The largest absolute Gasteiger partial charge is 0.381 e. The molecule has 1 atom stereocenters. The van der Waals surface area contributed by atoms with Gasteiger partial charge in [-0.05, 0) is 12.3 Å². The highest BCUT2D eigenvalue weighted by Crippen LogP contribution is 2.13. The molecule has 0 saturated carbocycles. The Labute approximate surface area is 114 Å². The van der Waals surface area contributed by atoms with Crippen LogP contribution in [0, 0.1) is 5.92 Å². The Bertz CT molecular complexity index is 404. The third-order valence-corrected chi connectivity index (χ3v) is 3.43. The van der Waals surface area contributed by atoms with E-state index in [9.17, 15) is 0 Å². The highest BCUT2D eigenvalue weighted by molar-refractivity contribution is 5.32. The van der Waals surface area contributed by atoms with Crippen LogP contribution < -0.4 is 5.73 Å². The summed E-state index contributed by atoms with van der Waals surface area (Å²) in [6.07, 6.45) is 1.03. The van der Waals surface area contributed by atoms with Gasteiger partial charge in [-0.1, -0.05) is 26.0 Å². The third-order valence-electron chi connectivity index (χ3n) is 3.43. The lowest BCUT2D eigenvalue weighted by molar-refractivity contribution is -0.0409. The first-order chi connectivity index (χ1) is 9.10. The first-order valence-corrected chi connectivity index (χ1v) is 7.12. The van der Waals surface area contributed by atoms with Crippen molar-refractivity contribution in [1.29, 1.82) is 0 Å². The SMILES string of the molecule is CCc1c(N)nnn1CC1CN(CC(C)C)CCO1. The fourth-order valence-electron chi connectivity index (χ4n) is 2.62. The van der Waals surface area contributed by atoms with Gasteiger partial charge in [-0.15, -0.1) is 5.10 Å². The number of nitrogen functional groups attached to an aromatic ring is 1. The van der Waals surface area contributed by atoms with Crippen LogP contribution in [0.4, 0.5) is 5.82 Å². The van der Waals surface area contributed by atoms with Gasteiger partial charge in [0.05, 0.1) is 24.9 Å². The molecule has 0 radical (unpaired) electrons. The molecule has 0 aliphatic carbocycles. The molecular weight excluding hydrogens is 242 g/mol. The molecule has 6 heteroatoms. The zero-order valence-electron chi connectivity index (χ0n) is 12.2. The van der Waals surface area contributed by atoms with Crippen LogP contribution in [0.15, 0.2) is 0 Å². The quantitative estimate of drug-likeness (QED) is 0.854. The van der Waals surface area contributed by atoms with Gasteiger partial charge in [-0.3, -0.25) is 4.90 Å². The summed E-state index contributed by atoms with van der Waals surface area (Å²) in [4.78, 5) is 2.46. The fourth-order valence-corrected chi connectivity index (χ4v) is 2.62. The van der Waals surface area contributed by atoms with Crippen LogP contribution in [0.5, 0.6) is 0 Å². The summed E-state index contributed by atoms with van der Waals surface area (Å²) in [5, 5.41) is 8.05. The van der Waals surface area contributed by atoms with Crippen molar-refractivity contribution in [1.82, 2.24) is 19.9 Å². The Morgan fingerprint density at radius 2 is 2.26 bits per heavy atom. The van der Waals surface area contributed by atoms with Crippen LogP contribution in [0.3, 0.4) is 0 Å². The highest BCUT2D eigenvalue weighted by atomic mass is 16.5. The number of hydrogen-bond donors (Lipinski definition) is 1. The lowest BCUT2D eigenvalue weighted by Crippen LogP contribution is -2.45. The molecule has 1 aliphatic rings. The summed E-state index contributed by atoms with van der Waals surface area (Å²) >= 11 is 0. The second-order valence-electron chi connectivity index (χ2n) is 5.60. The minimum Gasteiger partial charge on any atom is -0.381 e. The average Bonchev–Trinajstić information content (AvgIpc) is 2.69. The zero-order chi connectivity index (χ0) is 13.8. The van der Waals surface area contributed by atoms with Crippen molar-refractivity contribution in [2.45, 2.75) is 39.8 Å². The molecular formula is C13H25N5O. The molecule has 2 rings (SSSR count). The molecule has 6 nitrogen and oxygen atoms in total. The van der Waals surface area contributed by atoms with Crippen molar-refractivity contribution >= 4 is 5.82 Å². The lowest BCUT2D eigenvalue weighted by Gasteiger charge is -2.33. The first-order valence-electron chi connectivity index (χ1n) is 7.12. The molecule has 108 valence electrons. The maximum absolute atomic E-state index is 5.83. The van der Waals surface area contributed by atoms with Crippen molar-refractivity contribution in [2.24, 2.45) is 5.92 Å². The number of aromatic nitrogens is 3. The van der Waals surface area contributed by atoms with Gasteiger partial charge in [0.2, 0.25) is 0 Å². The van der Waals surface area contributed by atoms with Gasteiger partial charge in [0, 0.05) is 19.6 Å². The average molecular weight is 267 g/mol. The summed E-state index contributed by atoms with van der Waals surface area (Å²) in [6, 6.07) is 0. The molecule has 2 heterocycles. The van der Waals surface area contributed by atoms with E-state index in [1.165, 1.54) is 0 Å². The van der Waals surface area contributed by atoms with E-state index >= 15 is 0 Å². The van der Waals surface area contributed by atoms with Crippen LogP contribution in [0.2, 0.25) is 0 Å². The smallest absolute Gasteiger partial charge is 0.169 e. The number of ether oxygens (including phenoxy) is 1. The molecule has 1 unspecified atom stereocenters. The van der Waals surface area contributed by atoms with Crippen molar-refractivity contribution in [3.63, 3.8) is 0 Å². The van der Waals surface area contributed by atoms with E-state index in [4.69, 9.17) is 10.5 Å². The molecule has 1 aliphatic heterocycles. The van der Waals surface area contributed by atoms with Gasteiger partial charge in [0.15, 0.2) is 5.82 Å². The Morgan fingerprint density at radius 1 is 1.47 bits per heavy atom. The van der Waals surface area contributed by atoms with Gasteiger partial charge >= 0.3 is 0 Å². The maximum Gasteiger partial charge on any atom is 0.169 e. The van der Waals surface area contributed by atoms with E-state index in [2.05, 4.69) is 36.0 Å². The normalized spacial score (nSPS) is 21.2. The number of rotatable bonds is 5. The zero-order valence-corrected chi connectivity index (χ0v) is 12.2. The van der Waals surface area contributed by atoms with E-state index in [1.807, 2.05) is 4.68 Å². The summed E-state index contributed by atoms with van der Waals surface area (Å²) in [7, 11) is 0.